The molecule has 0 N–H and O–H groups in total. The quantitative estimate of drug-likeness (QED) is 0.693. The predicted octanol–water partition coefficient (Wildman–Crippen LogP) is 4.75. The van der Waals surface area contributed by atoms with E-state index in [4.69, 9.17) is 9.47 Å². The maximum absolute atomic E-state index is 13.1. The Balaban J connectivity index is 3.15. The summed E-state index contributed by atoms with van der Waals surface area (Å²) in [4.78, 5) is 25.6. The largest absolute Gasteiger partial charge is 0.469 e. The van der Waals surface area contributed by atoms with E-state index in [1.807, 2.05) is 48.5 Å². The van der Waals surface area contributed by atoms with Gasteiger partial charge in [0, 0.05) is 0 Å². The van der Waals surface area contributed by atoms with E-state index in [2.05, 4.69) is 0 Å². The Morgan fingerprint density at radius 2 is 1.25 bits per heavy atom. The highest BCUT2D eigenvalue weighted by atomic mass is 16.6. The van der Waals surface area contributed by atoms with Crippen molar-refractivity contribution in [3.05, 3.63) is 0 Å². The molecule has 0 aromatic heterocycles. The molecule has 0 heterocycles. The molecule has 0 bridgehead atoms. The van der Waals surface area contributed by atoms with Gasteiger partial charge >= 0.3 is 11.9 Å². The van der Waals surface area contributed by atoms with Crippen molar-refractivity contribution >= 4 is 11.9 Å². The first-order valence-electron chi connectivity index (χ1n) is 9.12. The number of hydrogen-bond acceptors (Lipinski definition) is 4. The van der Waals surface area contributed by atoms with Gasteiger partial charge in [0.1, 0.15) is 5.60 Å². The van der Waals surface area contributed by atoms with Gasteiger partial charge in [0.05, 0.1) is 18.9 Å². The Hall–Kier alpha value is -1.06. The number of methoxy groups -OCH3 is 1. The van der Waals surface area contributed by atoms with E-state index in [9.17, 15) is 9.59 Å². The van der Waals surface area contributed by atoms with Gasteiger partial charge < -0.3 is 9.47 Å². The fraction of sp³-hybridized carbons (Fsp3) is 0.900. The van der Waals surface area contributed by atoms with Gasteiger partial charge in [-0.15, -0.1) is 0 Å². The van der Waals surface area contributed by atoms with Gasteiger partial charge in [0.15, 0.2) is 0 Å². The van der Waals surface area contributed by atoms with Crippen LogP contribution in [0.4, 0.5) is 0 Å². The summed E-state index contributed by atoms with van der Waals surface area (Å²) in [5, 5.41) is 0. The average molecular weight is 341 g/mol. The second-order valence-electron chi connectivity index (χ2n) is 9.64. The molecule has 0 radical (unpaired) electrons. The van der Waals surface area contributed by atoms with Crippen LogP contribution in [0.25, 0.3) is 0 Å². The van der Waals surface area contributed by atoms with Crippen LogP contribution in [0.3, 0.4) is 0 Å². The SMILES string of the molecule is COC(=O)C(C(C(=O)OC1(C)CCCCC1)C(C)(C)C)C(C)(C)C. The first-order chi connectivity index (χ1) is 10.8. The number of hydrogen-bond donors (Lipinski definition) is 0. The molecule has 4 heteroatoms. The number of ether oxygens (including phenoxy) is 2. The molecule has 1 saturated carbocycles. The Morgan fingerprint density at radius 1 is 0.833 bits per heavy atom. The second-order valence-corrected chi connectivity index (χ2v) is 9.64. The maximum atomic E-state index is 13.1. The van der Waals surface area contributed by atoms with Gasteiger partial charge in [-0.1, -0.05) is 48.0 Å². The summed E-state index contributed by atoms with van der Waals surface area (Å²) in [5.74, 6) is -1.68. The Morgan fingerprint density at radius 3 is 1.62 bits per heavy atom. The first kappa shape index (κ1) is 21.0. The molecule has 0 aliphatic heterocycles. The fourth-order valence-corrected chi connectivity index (χ4v) is 3.81. The van der Waals surface area contributed by atoms with Crippen LogP contribution in [0.1, 0.15) is 80.6 Å². The summed E-state index contributed by atoms with van der Waals surface area (Å²) in [5.41, 5.74) is -1.19. The molecule has 1 aliphatic carbocycles. The maximum Gasteiger partial charge on any atom is 0.310 e. The third-order valence-electron chi connectivity index (χ3n) is 5.17. The lowest BCUT2D eigenvalue weighted by Gasteiger charge is -2.42. The van der Waals surface area contributed by atoms with Crippen molar-refractivity contribution < 1.29 is 19.1 Å². The summed E-state index contributed by atoms with van der Waals surface area (Å²) >= 11 is 0. The first-order valence-corrected chi connectivity index (χ1v) is 9.12. The minimum Gasteiger partial charge on any atom is -0.469 e. The molecule has 1 aliphatic rings. The van der Waals surface area contributed by atoms with Crippen LogP contribution in [0.2, 0.25) is 0 Å². The van der Waals surface area contributed by atoms with E-state index in [-0.39, 0.29) is 11.9 Å². The molecule has 0 aromatic carbocycles. The number of carbonyl (C=O) groups excluding carboxylic acids is 2. The summed E-state index contributed by atoms with van der Waals surface area (Å²) in [6.45, 7) is 13.9. The topological polar surface area (TPSA) is 52.6 Å². The molecule has 24 heavy (non-hydrogen) atoms. The van der Waals surface area contributed by atoms with Crippen LogP contribution in [-0.4, -0.2) is 24.6 Å². The van der Waals surface area contributed by atoms with Crippen LogP contribution in [-0.2, 0) is 19.1 Å². The molecule has 4 nitrogen and oxygen atoms in total. The zero-order valence-corrected chi connectivity index (χ0v) is 16.8. The van der Waals surface area contributed by atoms with Crippen molar-refractivity contribution in [1.29, 1.82) is 0 Å². The van der Waals surface area contributed by atoms with Crippen molar-refractivity contribution in [3.63, 3.8) is 0 Å². The average Bonchev–Trinajstić information content (AvgIpc) is 2.41. The van der Waals surface area contributed by atoms with Crippen LogP contribution in [0, 0.1) is 22.7 Å². The minimum atomic E-state index is -0.540. The smallest absolute Gasteiger partial charge is 0.310 e. The highest BCUT2D eigenvalue weighted by molar-refractivity contribution is 5.83. The predicted molar refractivity (Wildman–Crippen MR) is 95.5 cm³/mol. The van der Waals surface area contributed by atoms with Gasteiger partial charge in [-0.25, -0.2) is 0 Å². The standard InChI is InChI=1S/C20H36O4/c1-18(2,3)14(16(21)23-8)15(19(4,5)6)17(22)24-20(7)12-10-9-11-13-20/h14-15H,9-13H2,1-8H3. The van der Waals surface area contributed by atoms with Crippen molar-refractivity contribution in [3.8, 4) is 0 Å². The Kier molecular flexibility index (Phi) is 6.51. The molecule has 1 rings (SSSR count). The van der Waals surface area contributed by atoms with Gasteiger partial charge in [-0.05, 0) is 43.4 Å². The van der Waals surface area contributed by atoms with Crippen molar-refractivity contribution in [1.82, 2.24) is 0 Å². The molecule has 0 amide bonds. The molecule has 2 unspecified atom stereocenters. The molecule has 0 spiro atoms. The summed E-state index contributed by atoms with van der Waals surface area (Å²) in [6.07, 6.45) is 5.16. The van der Waals surface area contributed by atoms with Crippen molar-refractivity contribution in [2.75, 3.05) is 7.11 Å². The summed E-state index contributed by atoms with van der Waals surface area (Å²) in [6, 6.07) is 0. The molecular formula is C20H36O4. The van der Waals surface area contributed by atoms with Gasteiger partial charge in [-0.2, -0.15) is 0 Å². The van der Waals surface area contributed by atoms with Crippen LogP contribution in [0.5, 0.6) is 0 Å². The molecule has 2 atom stereocenters. The molecule has 0 aromatic rings. The Labute approximate surface area is 147 Å². The van der Waals surface area contributed by atoms with Crippen LogP contribution < -0.4 is 0 Å². The lowest BCUT2D eigenvalue weighted by atomic mass is 9.64. The zero-order valence-electron chi connectivity index (χ0n) is 16.8. The fourth-order valence-electron chi connectivity index (χ4n) is 3.81. The van der Waals surface area contributed by atoms with E-state index in [1.165, 1.54) is 13.5 Å². The molecule has 1 fully saturated rings. The summed E-state index contributed by atoms with van der Waals surface area (Å²) < 4.78 is 11.0. The van der Waals surface area contributed by atoms with Crippen LogP contribution >= 0.6 is 0 Å². The molecule has 0 saturated heterocycles. The number of carbonyl (C=O) groups is 2. The highest BCUT2D eigenvalue weighted by Crippen LogP contribution is 2.44. The minimum absolute atomic E-state index is 0.266. The molecule has 140 valence electrons. The second kappa shape index (κ2) is 7.45. The van der Waals surface area contributed by atoms with E-state index in [0.717, 1.165) is 25.7 Å². The third kappa shape index (κ3) is 5.22. The lowest BCUT2D eigenvalue weighted by Crippen LogP contribution is -2.48. The summed E-state index contributed by atoms with van der Waals surface area (Å²) in [7, 11) is 1.38. The Bertz CT molecular complexity index is 447. The van der Waals surface area contributed by atoms with Crippen molar-refractivity contribution in [2.45, 2.75) is 86.2 Å². The van der Waals surface area contributed by atoms with E-state index < -0.39 is 28.3 Å². The van der Waals surface area contributed by atoms with Gasteiger partial charge in [0.2, 0.25) is 0 Å². The van der Waals surface area contributed by atoms with Crippen molar-refractivity contribution in [2.24, 2.45) is 22.7 Å². The monoisotopic (exact) mass is 340 g/mol. The van der Waals surface area contributed by atoms with Gasteiger partial charge in [0.25, 0.3) is 0 Å². The lowest BCUT2D eigenvalue weighted by molar-refractivity contribution is -0.181. The highest BCUT2D eigenvalue weighted by Gasteiger charge is 2.50. The van der Waals surface area contributed by atoms with Crippen LogP contribution in [0.15, 0.2) is 0 Å². The number of esters is 2. The van der Waals surface area contributed by atoms with E-state index in [0.29, 0.717) is 0 Å². The van der Waals surface area contributed by atoms with Gasteiger partial charge in [-0.3, -0.25) is 9.59 Å². The van der Waals surface area contributed by atoms with E-state index >= 15 is 0 Å². The molecular weight excluding hydrogens is 304 g/mol. The third-order valence-corrected chi connectivity index (χ3v) is 5.17. The number of rotatable bonds is 4. The zero-order chi connectivity index (χ0) is 18.8. The van der Waals surface area contributed by atoms with E-state index in [1.54, 1.807) is 0 Å². The normalized spacial score (nSPS) is 20.8.